The zero-order valence-corrected chi connectivity index (χ0v) is 6.87. The molecule has 2 nitrogen and oxygen atoms in total. The first-order chi connectivity index (χ1) is 5.52. The van der Waals surface area contributed by atoms with Gasteiger partial charge in [0.15, 0.2) is 5.60 Å². The predicted octanol–water partition coefficient (Wildman–Crippen LogP) is 1.32. The molecule has 1 aliphatic rings. The number of morpholine rings is 1. The summed E-state index contributed by atoms with van der Waals surface area (Å²) >= 11 is 0. The normalized spacial score (nSPS) is 32.0. The van der Waals surface area contributed by atoms with Crippen LogP contribution >= 0.6 is 0 Å². The summed E-state index contributed by atoms with van der Waals surface area (Å²) in [5.41, 5.74) is -1.95. The van der Waals surface area contributed by atoms with E-state index in [2.05, 4.69) is 5.32 Å². The van der Waals surface area contributed by atoms with Gasteiger partial charge in [0.05, 0.1) is 6.61 Å². The fraction of sp³-hybridized carbons (Fsp3) is 1.00. The van der Waals surface area contributed by atoms with E-state index in [9.17, 15) is 13.2 Å². The molecule has 1 rings (SSSR count). The second-order valence-corrected chi connectivity index (χ2v) is 2.87. The summed E-state index contributed by atoms with van der Waals surface area (Å²) < 4.78 is 42.1. The van der Waals surface area contributed by atoms with E-state index in [1.807, 2.05) is 0 Å². The van der Waals surface area contributed by atoms with E-state index in [1.54, 1.807) is 0 Å². The number of halogens is 3. The van der Waals surface area contributed by atoms with Crippen LogP contribution in [0.5, 0.6) is 0 Å². The third-order valence-electron chi connectivity index (χ3n) is 2.16. The average molecular weight is 183 g/mol. The maximum atomic E-state index is 12.4. The lowest BCUT2D eigenvalue weighted by Crippen LogP contribution is -2.58. The van der Waals surface area contributed by atoms with Crippen molar-refractivity contribution in [1.82, 2.24) is 5.32 Å². The Bertz CT molecular complexity index is 151. The molecule has 0 aromatic heterocycles. The van der Waals surface area contributed by atoms with Crippen molar-refractivity contribution in [3.63, 3.8) is 0 Å². The SMILES string of the molecule is CC[C@]1(C(F)(F)F)CNCCO1. The van der Waals surface area contributed by atoms with Crippen LogP contribution in [-0.4, -0.2) is 31.5 Å². The number of hydrogen-bond acceptors (Lipinski definition) is 2. The molecule has 72 valence electrons. The first-order valence-electron chi connectivity index (χ1n) is 3.93. The van der Waals surface area contributed by atoms with Crippen LogP contribution < -0.4 is 5.32 Å². The van der Waals surface area contributed by atoms with Crippen molar-refractivity contribution in [3.8, 4) is 0 Å². The summed E-state index contributed by atoms with van der Waals surface area (Å²) in [6, 6.07) is 0. The zero-order valence-electron chi connectivity index (χ0n) is 6.87. The molecular formula is C7H12F3NO. The first kappa shape index (κ1) is 9.80. The monoisotopic (exact) mass is 183 g/mol. The van der Waals surface area contributed by atoms with Crippen LogP contribution in [0.2, 0.25) is 0 Å². The van der Waals surface area contributed by atoms with Crippen molar-refractivity contribution >= 4 is 0 Å². The molecule has 0 radical (unpaired) electrons. The molecule has 12 heavy (non-hydrogen) atoms. The number of alkyl halides is 3. The molecule has 1 N–H and O–H groups in total. The predicted molar refractivity (Wildman–Crippen MR) is 37.9 cm³/mol. The number of nitrogens with one attached hydrogen (secondary N) is 1. The van der Waals surface area contributed by atoms with Gasteiger partial charge in [0, 0.05) is 13.1 Å². The highest BCUT2D eigenvalue weighted by Gasteiger charge is 2.55. The molecule has 0 aromatic carbocycles. The molecule has 0 amide bonds. The van der Waals surface area contributed by atoms with Gasteiger partial charge >= 0.3 is 6.18 Å². The summed E-state index contributed by atoms with van der Waals surface area (Å²) in [7, 11) is 0. The van der Waals surface area contributed by atoms with Crippen molar-refractivity contribution in [2.24, 2.45) is 0 Å². The Balaban J connectivity index is 2.73. The summed E-state index contributed by atoms with van der Waals surface area (Å²) in [6.07, 6.45) is -4.31. The smallest absolute Gasteiger partial charge is 0.363 e. The fourth-order valence-electron chi connectivity index (χ4n) is 1.27. The third-order valence-corrected chi connectivity index (χ3v) is 2.16. The molecule has 5 heteroatoms. The average Bonchev–Trinajstić information content (AvgIpc) is 2.04. The van der Waals surface area contributed by atoms with Crippen LogP contribution in [0.1, 0.15) is 13.3 Å². The van der Waals surface area contributed by atoms with E-state index in [0.29, 0.717) is 6.54 Å². The second kappa shape index (κ2) is 3.22. The van der Waals surface area contributed by atoms with Crippen LogP contribution in [0.4, 0.5) is 13.2 Å². The van der Waals surface area contributed by atoms with E-state index in [0.717, 1.165) is 0 Å². The van der Waals surface area contributed by atoms with Gasteiger partial charge in [0.1, 0.15) is 0 Å². The Labute approximate surface area is 69.1 Å². The standard InChI is InChI=1S/C7H12F3NO/c1-2-6(7(8,9)10)5-11-3-4-12-6/h11H,2-5H2,1H3/t6-/m1/s1. The Morgan fingerprint density at radius 1 is 1.50 bits per heavy atom. The fourth-order valence-corrected chi connectivity index (χ4v) is 1.27. The molecular weight excluding hydrogens is 171 g/mol. The molecule has 0 bridgehead atoms. The molecule has 1 atom stereocenters. The number of ether oxygens (including phenoxy) is 1. The summed E-state index contributed by atoms with van der Waals surface area (Å²) in [5.74, 6) is 0. The lowest BCUT2D eigenvalue weighted by atomic mass is 9.98. The number of hydrogen-bond donors (Lipinski definition) is 1. The highest BCUT2D eigenvalue weighted by atomic mass is 19.4. The molecule has 0 spiro atoms. The molecule has 1 aliphatic heterocycles. The van der Waals surface area contributed by atoms with Crippen LogP contribution in [0, 0.1) is 0 Å². The van der Waals surface area contributed by atoms with Gasteiger partial charge in [0.2, 0.25) is 0 Å². The quantitative estimate of drug-likeness (QED) is 0.662. The zero-order chi connectivity index (χ0) is 9.24. The molecule has 0 saturated carbocycles. The van der Waals surface area contributed by atoms with Crippen LogP contribution in [0.15, 0.2) is 0 Å². The third kappa shape index (κ3) is 1.56. The van der Waals surface area contributed by atoms with Crippen molar-refractivity contribution in [1.29, 1.82) is 0 Å². The highest BCUT2D eigenvalue weighted by molar-refractivity contribution is 4.91. The molecule has 0 aromatic rings. The van der Waals surface area contributed by atoms with Gasteiger partial charge in [-0.1, -0.05) is 6.92 Å². The summed E-state index contributed by atoms with van der Waals surface area (Å²) in [5, 5.41) is 2.69. The van der Waals surface area contributed by atoms with Gasteiger partial charge in [-0.2, -0.15) is 13.2 Å². The van der Waals surface area contributed by atoms with Gasteiger partial charge in [-0.15, -0.1) is 0 Å². The Kier molecular flexibility index (Phi) is 2.63. The van der Waals surface area contributed by atoms with Crippen LogP contribution in [0.25, 0.3) is 0 Å². The molecule has 1 fully saturated rings. The minimum Gasteiger partial charge on any atom is -0.363 e. The Hall–Kier alpha value is -0.290. The van der Waals surface area contributed by atoms with E-state index >= 15 is 0 Å². The molecule has 0 unspecified atom stereocenters. The van der Waals surface area contributed by atoms with E-state index in [1.165, 1.54) is 6.92 Å². The highest BCUT2D eigenvalue weighted by Crippen LogP contribution is 2.36. The van der Waals surface area contributed by atoms with E-state index in [4.69, 9.17) is 4.74 Å². The Morgan fingerprint density at radius 3 is 2.42 bits per heavy atom. The second-order valence-electron chi connectivity index (χ2n) is 2.87. The van der Waals surface area contributed by atoms with Crippen molar-refractivity contribution < 1.29 is 17.9 Å². The van der Waals surface area contributed by atoms with Gasteiger partial charge in [-0.3, -0.25) is 0 Å². The lowest BCUT2D eigenvalue weighted by Gasteiger charge is -2.38. The van der Waals surface area contributed by atoms with Gasteiger partial charge < -0.3 is 10.1 Å². The molecule has 1 heterocycles. The largest absolute Gasteiger partial charge is 0.418 e. The van der Waals surface area contributed by atoms with E-state index < -0.39 is 11.8 Å². The lowest BCUT2D eigenvalue weighted by molar-refractivity contribution is -0.284. The first-order valence-corrected chi connectivity index (χ1v) is 3.93. The minimum atomic E-state index is -4.27. The summed E-state index contributed by atoms with van der Waals surface area (Å²) in [4.78, 5) is 0. The van der Waals surface area contributed by atoms with Crippen molar-refractivity contribution in [3.05, 3.63) is 0 Å². The molecule has 1 saturated heterocycles. The summed E-state index contributed by atoms with van der Waals surface area (Å²) in [6.45, 7) is 1.98. The van der Waals surface area contributed by atoms with Crippen LogP contribution in [0.3, 0.4) is 0 Å². The molecule has 0 aliphatic carbocycles. The van der Waals surface area contributed by atoms with Crippen molar-refractivity contribution in [2.45, 2.75) is 25.1 Å². The van der Waals surface area contributed by atoms with Crippen molar-refractivity contribution in [2.75, 3.05) is 19.7 Å². The van der Waals surface area contributed by atoms with Gasteiger partial charge in [0.25, 0.3) is 0 Å². The minimum absolute atomic E-state index is 0.0382. The topological polar surface area (TPSA) is 21.3 Å². The Morgan fingerprint density at radius 2 is 2.17 bits per heavy atom. The maximum absolute atomic E-state index is 12.4. The maximum Gasteiger partial charge on any atom is 0.418 e. The number of rotatable bonds is 1. The van der Waals surface area contributed by atoms with Crippen LogP contribution in [-0.2, 0) is 4.74 Å². The van der Waals surface area contributed by atoms with Gasteiger partial charge in [-0.05, 0) is 6.42 Å². The van der Waals surface area contributed by atoms with Gasteiger partial charge in [-0.25, -0.2) is 0 Å². The van der Waals surface area contributed by atoms with E-state index in [-0.39, 0.29) is 19.6 Å².